The summed E-state index contributed by atoms with van der Waals surface area (Å²) in [6, 6.07) is 17.7. The van der Waals surface area contributed by atoms with Crippen LogP contribution in [0.5, 0.6) is 11.5 Å². The third-order valence-corrected chi connectivity index (χ3v) is 5.68. The quantitative estimate of drug-likeness (QED) is 0.267. The molecule has 0 radical (unpaired) electrons. The van der Waals surface area contributed by atoms with Crippen LogP contribution in [0.3, 0.4) is 0 Å². The van der Waals surface area contributed by atoms with Crippen molar-refractivity contribution in [1.82, 2.24) is 0 Å². The van der Waals surface area contributed by atoms with Gasteiger partial charge in [0, 0.05) is 28.3 Å². The number of hydrogen-bond donors (Lipinski definition) is 1. The summed E-state index contributed by atoms with van der Waals surface area (Å²) in [5.74, 6) is -2.05. The van der Waals surface area contributed by atoms with E-state index in [0.717, 1.165) is 0 Å². The highest BCUT2D eigenvalue weighted by atomic mass is 35.5. The van der Waals surface area contributed by atoms with Crippen LogP contribution >= 0.6 is 11.6 Å². The average Bonchev–Trinajstić information content (AvgIpc) is 2.78. The molecular weight excluding hydrogens is 432 g/mol. The zero-order valence-corrected chi connectivity index (χ0v) is 17.3. The molecule has 2 heterocycles. The Balaban J connectivity index is 1.77. The molecular formula is C25H15ClO6. The minimum Gasteiger partial charge on any atom is -0.507 e. The molecule has 0 amide bonds. The average molecular weight is 447 g/mol. The van der Waals surface area contributed by atoms with E-state index >= 15 is 0 Å². The van der Waals surface area contributed by atoms with Crippen molar-refractivity contribution < 1.29 is 23.8 Å². The van der Waals surface area contributed by atoms with Gasteiger partial charge in [-0.2, -0.15) is 0 Å². The summed E-state index contributed by atoms with van der Waals surface area (Å²) in [6.07, 6.45) is -0.229. The number of rotatable bonds is 3. The van der Waals surface area contributed by atoms with Crippen LogP contribution < -0.4 is 10.2 Å². The van der Waals surface area contributed by atoms with Gasteiger partial charge in [-0.05, 0) is 24.3 Å². The van der Waals surface area contributed by atoms with E-state index in [1.807, 2.05) is 6.07 Å². The molecule has 4 aromatic rings. The fourth-order valence-corrected chi connectivity index (χ4v) is 4.07. The maximum absolute atomic E-state index is 13.4. The first-order chi connectivity index (χ1) is 15.4. The van der Waals surface area contributed by atoms with Crippen molar-refractivity contribution in [2.45, 2.75) is 12.3 Å². The van der Waals surface area contributed by atoms with E-state index < -0.39 is 17.3 Å². The molecule has 1 N–H and O–H groups in total. The largest absolute Gasteiger partial charge is 0.507 e. The lowest BCUT2D eigenvalue weighted by Crippen LogP contribution is -2.26. The van der Waals surface area contributed by atoms with Gasteiger partial charge in [0.2, 0.25) is 0 Å². The van der Waals surface area contributed by atoms with E-state index in [0.29, 0.717) is 16.1 Å². The molecule has 0 spiro atoms. The van der Waals surface area contributed by atoms with E-state index in [1.165, 1.54) is 12.1 Å². The minimum absolute atomic E-state index is 0.00748. The Bertz CT molecular complexity index is 1440. The predicted octanol–water partition coefficient (Wildman–Crippen LogP) is 5.09. The first-order valence-electron chi connectivity index (χ1n) is 9.82. The normalized spacial score (nSPS) is 15.3. The van der Waals surface area contributed by atoms with Crippen molar-refractivity contribution in [3.05, 3.63) is 93.1 Å². The van der Waals surface area contributed by atoms with E-state index in [-0.39, 0.29) is 46.0 Å². The predicted molar refractivity (Wildman–Crippen MR) is 118 cm³/mol. The summed E-state index contributed by atoms with van der Waals surface area (Å²) in [5.41, 5.74) is 0.804. The number of hydrogen-bond acceptors (Lipinski definition) is 6. The number of aromatic hydroxyl groups is 1. The van der Waals surface area contributed by atoms with Gasteiger partial charge in [-0.1, -0.05) is 41.9 Å². The maximum Gasteiger partial charge on any atom is 0.312 e. The van der Waals surface area contributed by atoms with E-state index in [9.17, 15) is 19.5 Å². The third-order valence-electron chi connectivity index (χ3n) is 5.43. The van der Waals surface area contributed by atoms with Crippen LogP contribution in [0.25, 0.3) is 22.3 Å². The van der Waals surface area contributed by atoms with Crippen LogP contribution in [0.2, 0.25) is 5.02 Å². The smallest absolute Gasteiger partial charge is 0.312 e. The van der Waals surface area contributed by atoms with E-state index in [2.05, 4.69) is 0 Å². The van der Waals surface area contributed by atoms with Gasteiger partial charge in [0.1, 0.15) is 28.2 Å². The Morgan fingerprint density at radius 1 is 1.00 bits per heavy atom. The number of Topliss-reactive ketones (excluding diaryl/α,β-unsaturated/α-hetero) is 1. The monoisotopic (exact) mass is 446 g/mol. The highest BCUT2D eigenvalue weighted by molar-refractivity contribution is 6.30. The van der Waals surface area contributed by atoms with Crippen LogP contribution in [0.4, 0.5) is 0 Å². The number of ketones is 1. The standard InChI is InChI=1S/C25H15ClO6/c26-15-8-6-14(7-9-15)24(30)16-10-21(29)31-20-12-18(28)23-17(27)11-19(32-25(23)22(16)20)13-4-2-1-3-5-13/h1-9,11-12,16,28H,10H2/t16-/m0/s1. The van der Waals surface area contributed by atoms with Gasteiger partial charge in [0.15, 0.2) is 11.2 Å². The van der Waals surface area contributed by atoms with Crippen molar-refractivity contribution in [2.24, 2.45) is 0 Å². The molecule has 0 aliphatic carbocycles. The lowest BCUT2D eigenvalue weighted by atomic mass is 9.84. The highest BCUT2D eigenvalue weighted by Crippen LogP contribution is 2.44. The van der Waals surface area contributed by atoms with Crippen LogP contribution in [0, 0.1) is 0 Å². The van der Waals surface area contributed by atoms with Crippen LogP contribution in [0.15, 0.2) is 75.9 Å². The van der Waals surface area contributed by atoms with Crippen molar-refractivity contribution in [3.63, 3.8) is 0 Å². The Kier molecular flexibility index (Phi) is 4.79. The molecule has 1 atom stereocenters. The topological polar surface area (TPSA) is 93.8 Å². The molecule has 1 aliphatic rings. The molecule has 3 aromatic carbocycles. The maximum atomic E-state index is 13.4. The van der Waals surface area contributed by atoms with Gasteiger partial charge < -0.3 is 14.3 Å². The number of benzene rings is 3. The van der Waals surface area contributed by atoms with Crippen molar-refractivity contribution >= 4 is 34.3 Å². The zero-order chi connectivity index (χ0) is 22.4. The van der Waals surface area contributed by atoms with Gasteiger partial charge in [-0.3, -0.25) is 14.4 Å². The van der Waals surface area contributed by atoms with Crippen LogP contribution in [-0.4, -0.2) is 16.9 Å². The Morgan fingerprint density at radius 3 is 2.44 bits per heavy atom. The third kappa shape index (κ3) is 3.35. The number of fused-ring (bicyclic) bond motifs is 3. The SMILES string of the molecule is O=C1C[C@H](C(=O)c2ccc(Cl)cc2)c2c(cc(O)c3c(=O)cc(-c4ccccc4)oc23)O1. The first kappa shape index (κ1) is 20.0. The van der Waals surface area contributed by atoms with Gasteiger partial charge in [-0.15, -0.1) is 0 Å². The Labute approximate surface area is 186 Å². The summed E-state index contributed by atoms with van der Waals surface area (Å²) in [7, 11) is 0. The number of esters is 1. The van der Waals surface area contributed by atoms with Crippen LogP contribution in [-0.2, 0) is 4.79 Å². The number of carbonyl (C=O) groups is 2. The van der Waals surface area contributed by atoms with Crippen molar-refractivity contribution in [2.75, 3.05) is 0 Å². The van der Waals surface area contributed by atoms with Crippen molar-refractivity contribution in [3.8, 4) is 22.8 Å². The number of phenolic OH excluding ortho intramolecular Hbond substituents is 1. The molecule has 6 nitrogen and oxygen atoms in total. The fourth-order valence-electron chi connectivity index (χ4n) is 3.94. The molecule has 0 bridgehead atoms. The molecule has 0 unspecified atom stereocenters. The Hall–Kier alpha value is -3.90. The summed E-state index contributed by atoms with van der Waals surface area (Å²) in [5, 5.41) is 10.9. The summed E-state index contributed by atoms with van der Waals surface area (Å²) in [6.45, 7) is 0. The highest BCUT2D eigenvalue weighted by Gasteiger charge is 2.37. The molecule has 1 aliphatic heterocycles. The first-order valence-corrected chi connectivity index (χ1v) is 10.2. The van der Waals surface area contributed by atoms with Crippen molar-refractivity contribution in [1.29, 1.82) is 0 Å². The van der Waals surface area contributed by atoms with E-state index in [4.69, 9.17) is 20.8 Å². The molecule has 0 saturated carbocycles. The van der Waals surface area contributed by atoms with Gasteiger partial charge in [0.05, 0.1) is 17.9 Å². The van der Waals surface area contributed by atoms with E-state index in [1.54, 1.807) is 48.5 Å². The molecule has 1 aromatic heterocycles. The Morgan fingerprint density at radius 2 is 1.72 bits per heavy atom. The summed E-state index contributed by atoms with van der Waals surface area (Å²) >= 11 is 5.93. The van der Waals surface area contributed by atoms with Gasteiger partial charge in [-0.25, -0.2) is 0 Å². The number of phenols is 1. The second-order valence-electron chi connectivity index (χ2n) is 7.45. The molecule has 32 heavy (non-hydrogen) atoms. The zero-order valence-electron chi connectivity index (χ0n) is 16.5. The minimum atomic E-state index is -0.954. The molecule has 7 heteroatoms. The number of ether oxygens (including phenoxy) is 1. The molecule has 5 rings (SSSR count). The summed E-state index contributed by atoms with van der Waals surface area (Å²) < 4.78 is 11.4. The number of carbonyl (C=O) groups excluding carboxylic acids is 2. The summed E-state index contributed by atoms with van der Waals surface area (Å²) in [4.78, 5) is 38.5. The lowest BCUT2D eigenvalue weighted by molar-refractivity contribution is -0.135. The lowest BCUT2D eigenvalue weighted by Gasteiger charge is -2.25. The fraction of sp³-hybridized carbons (Fsp3) is 0.0800. The van der Waals surface area contributed by atoms with Gasteiger partial charge >= 0.3 is 5.97 Å². The molecule has 0 fully saturated rings. The second kappa shape index (κ2) is 7.66. The molecule has 158 valence electrons. The number of halogens is 1. The second-order valence-corrected chi connectivity index (χ2v) is 7.89. The molecule has 0 saturated heterocycles. The van der Waals surface area contributed by atoms with Gasteiger partial charge in [0.25, 0.3) is 0 Å². The van der Waals surface area contributed by atoms with Crippen LogP contribution in [0.1, 0.15) is 28.3 Å².